The van der Waals surface area contributed by atoms with E-state index in [1.807, 2.05) is 65.3 Å². The van der Waals surface area contributed by atoms with Crippen LogP contribution in [0.2, 0.25) is 0 Å². The zero-order chi connectivity index (χ0) is 27.5. The van der Waals surface area contributed by atoms with Crippen LogP contribution in [-0.4, -0.2) is 44.0 Å². The molecule has 1 N–H and O–H groups in total. The molecule has 10 nitrogen and oxygen atoms in total. The molecule has 0 aliphatic carbocycles. The van der Waals surface area contributed by atoms with Gasteiger partial charge in [0.2, 0.25) is 6.79 Å². The number of ether oxygens (including phenoxy) is 3. The van der Waals surface area contributed by atoms with Crippen LogP contribution >= 0.6 is 0 Å². The summed E-state index contributed by atoms with van der Waals surface area (Å²) in [6, 6.07) is 23.6. The summed E-state index contributed by atoms with van der Waals surface area (Å²) in [6.07, 6.45) is 0.746. The molecule has 3 heterocycles. The average Bonchev–Trinajstić information content (AvgIpc) is 3.63. The summed E-state index contributed by atoms with van der Waals surface area (Å²) in [5.41, 5.74) is 3.39. The van der Waals surface area contributed by atoms with E-state index in [-0.39, 0.29) is 18.4 Å². The normalized spacial score (nSPS) is 13.2. The summed E-state index contributed by atoms with van der Waals surface area (Å²) < 4.78 is 18.2. The molecule has 0 amide bonds. The van der Waals surface area contributed by atoms with E-state index in [4.69, 9.17) is 14.2 Å². The maximum Gasteiger partial charge on any atom is 0.252 e. The lowest BCUT2D eigenvalue weighted by atomic mass is 10.1. The minimum atomic E-state index is -0.148. The predicted octanol–water partition coefficient (Wildman–Crippen LogP) is 4.45. The molecule has 2 aromatic heterocycles. The third-order valence-electron chi connectivity index (χ3n) is 7.19. The van der Waals surface area contributed by atoms with Crippen LogP contribution in [0.25, 0.3) is 10.9 Å². The Hall–Kier alpha value is -4.70. The number of benzene rings is 3. The molecule has 40 heavy (non-hydrogen) atoms. The molecule has 0 bridgehead atoms. The highest BCUT2D eigenvalue weighted by Gasteiger charge is 2.26. The lowest BCUT2D eigenvalue weighted by Gasteiger charge is -2.30. The van der Waals surface area contributed by atoms with Crippen LogP contribution < -0.4 is 19.8 Å². The Morgan fingerprint density at radius 2 is 1.77 bits per heavy atom. The monoisotopic (exact) mass is 538 g/mol. The molecule has 10 heteroatoms. The van der Waals surface area contributed by atoms with Crippen LogP contribution in [0.5, 0.6) is 17.2 Å². The third kappa shape index (κ3) is 5.26. The number of tetrazole rings is 1. The van der Waals surface area contributed by atoms with Gasteiger partial charge in [0.15, 0.2) is 17.3 Å². The largest absolute Gasteiger partial charge is 0.497 e. The Morgan fingerprint density at radius 1 is 1.00 bits per heavy atom. The standard InChI is InChI=1S/C30H30N6O4/c1-3-26(29-32-33-34-36(29)17-20-7-5-4-6-8-20)35(16-21-9-11-24(38-2)12-10-21)18-23-13-22-14-27-28(40-19-39-27)15-25(22)31-30(23)37/h4-15,26H,3,16-19H2,1-2H3,(H,31,37)/t26-/m0/s1. The second kappa shape index (κ2) is 11.2. The van der Waals surface area contributed by atoms with Crippen molar-refractivity contribution in [3.05, 3.63) is 106 Å². The van der Waals surface area contributed by atoms with Crippen LogP contribution in [0.4, 0.5) is 0 Å². The topological polar surface area (TPSA) is 107 Å². The maximum atomic E-state index is 13.3. The van der Waals surface area contributed by atoms with Gasteiger partial charge in [0, 0.05) is 30.1 Å². The van der Waals surface area contributed by atoms with Crippen molar-refractivity contribution in [2.75, 3.05) is 13.9 Å². The molecule has 0 fully saturated rings. The van der Waals surface area contributed by atoms with Crippen molar-refractivity contribution in [3.63, 3.8) is 0 Å². The van der Waals surface area contributed by atoms with Gasteiger partial charge in [-0.15, -0.1) is 5.10 Å². The number of H-pyrrole nitrogens is 1. The molecule has 3 aromatic carbocycles. The molecule has 0 saturated heterocycles. The van der Waals surface area contributed by atoms with E-state index in [1.165, 1.54) is 0 Å². The number of nitrogens with zero attached hydrogens (tertiary/aromatic N) is 5. The smallest absolute Gasteiger partial charge is 0.252 e. The molecule has 0 unspecified atom stereocenters. The number of pyridine rings is 1. The summed E-state index contributed by atoms with van der Waals surface area (Å²) in [5, 5.41) is 13.7. The van der Waals surface area contributed by atoms with E-state index >= 15 is 0 Å². The van der Waals surface area contributed by atoms with Crippen molar-refractivity contribution < 1.29 is 14.2 Å². The van der Waals surface area contributed by atoms with E-state index in [0.29, 0.717) is 42.2 Å². The first-order chi connectivity index (χ1) is 19.6. The molecule has 1 aliphatic rings. The Balaban J connectivity index is 1.36. The van der Waals surface area contributed by atoms with Crippen molar-refractivity contribution in [1.82, 2.24) is 30.1 Å². The minimum Gasteiger partial charge on any atom is -0.497 e. The molecule has 0 spiro atoms. The van der Waals surface area contributed by atoms with Crippen molar-refractivity contribution in [2.24, 2.45) is 0 Å². The zero-order valence-electron chi connectivity index (χ0n) is 22.4. The van der Waals surface area contributed by atoms with E-state index in [2.05, 4.69) is 44.5 Å². The van der Waals surface area contributed by atoms with Gasteiger partial charge in [-0.1, -0.05) is 49.4 Å². The predicted molar refractivity (Wildman–Crippen MR) is 149 cm³/mol. The Morgan fingerprint density at radius 3 is 2.52 bits per heavy atom. The maximum absolute atomic E-state index is 13.3. The van der Waals surface area contributed by atoms with Gasteiger partial charge in [-0.3, -0.25) is 9.69 Å². The molecule has 1 aliphatic heterocycles. The Labute approximate surface area is 231 Å². The van der Waals surface area contributed by atoms with Crippen molar-refractivity contribution in [2.45, 2.75) is 39.0 Å². The first-order valence-electron chi connectivity index (χ1n) is 13.2. The number of rotatable bonds is 10. The number of methoxy groups -OCH3 is 1. The number of nitrogens with one attached hydrogen (secondary N) is 1. The number of aromatic nitrogens is 5. The van der Waals surface area contributed by atoms with Crippen molar-refractivity contribution in [1.29, 1.82) is 0 Å². The SMILES string of the molecule is CC[C@@H](c1nnnn1Cc1ccccc1)N(Cc1ccc(OC)cc1)Cc1cc2cc3c(cc2[nH]c1=O)OCO3. The fourth-order valence-corrected chi connectivity index (χ4v) is 5.14. The van der Waals surface area contributed by atoms with Crippen LogP contribution in [0.3, 0.4) is 0 Å². The molecular weight excluding hydrogens is 508 g/mol. The van der Waals surface area contributed by atoms with E-state index in [1.54, 1.807) is 7.11 Å². The quantitative estimate of drug-likeness (QED) is 0.278. The summed E-state index contributed by atoms with van der Waals surface area (Å²) in [4.78, 5) is 18.6. The molecule has 6 rings (SSSR count). The van der Waals surface area contributed by atoms with Gasteiger partial charge in [0.05, 0.1) is 25.2 Å². The highest BCUT2D eigenvalue weighted by Crippen LogP contribution is 2.35. The highest BCUT2D eigenvalue weighted by molar-refractivity contribution is 5.83. The fourth-order valence-electron chi connectivity index (χ4n) is 5.14. The molecule has 0 radical (unpaired) electrons. The van der Waals surface area contributed by atoms with Gasteiger partial charge in [-0.25, -0.2) is 4.68 Å². The molecule has 0 saturated carbocycles. The van der Waals surface area contributed by atoms with Crippen LogP contribution in [-0.2, 0) is 19.6 Å². The van der Waals surface area contributed by atoms with E-state index in [9.17, 15) is 4.79 Å². The Bertz CT molecular complexity index is 1670. The lowest BCUT2D eigenvalue weighted by molar-refractivity contribution is 0.161. The first kappa shape index (κ1) is 25.6. The Kier molecular flexibility index (Phi) is 7.15. The van der Waals surface area contributed by atoms with Gasteiger partial charge >= 0.3 is 0 Å². The zero-order valence-corrected chi connectivity index (χ0v) is 22.4. The molecule has 1 atom stereocenters. The van der Waals surface area contributed by atoms with Gasteiger partial charge in [-0.2, -0.15) is 0 Å². The first-order valence-corrected chi connectivity index (χ1v) is 13.2. The van der Waals surface area contributed by atoms with Crippen LogP contribution in [0.1, 0.15) is 41.9 Å². The minimum absolute atomic E-state index is 0.146. The van der Waals surface area contributed by atoms with Crippen LogP contribution in [0.15, 0.2) is 77.6 Å². The number of hydrogen-bond acceptors (Lipinski definition) is 8. The average molecular weight is 539 g/mol. The number of hydrogen-bond donors (Lipinski definition) is 1. The van der Waals surface area contributed by atoms with Gasteiger partial charge in [-0.05, 0) is 52.2 Å². The second-order valence-electron chi connectivity index (χ2n) is 9.77. The molecular formula is C30H30N6O4. The summed E-state index contributed by atoms with van der Waals surface area (Å²) in [6.45, 7) is 3.81. The number of fused-ring (bicyclic) bond motifs is 2. The van der Waals surface area contributed by atoms with Crippen molar-refractivity contribution in [3.8, 4) is 17.2 Å². The highest BCUT2D eigenvalue weighted by atomic mass is 16.7. The summed E-state index contributed by atoms with van der Waals surface area (Å²) >= 11 is 0. The molecule has 204 valence electrons. The molecule has 5 aromatic rings. The van der Waals surface area contributed by atoms with Gasteiger partial charge in [0.1, 0.15) is 5.75 Å². The van der Waals surface area contributed by atoms with Gasteiger partial charge < -0.3 is 19.2 Å². The van der Waals surface area contributed by atoms with Gasteiger partial charge in [0.25, 0.3) is 5.56 Å². The van der Waals surface area contributed by atoms with E-state index < -0.39 is 0 Å². The fraction of sp³-hybridized carbons (Fsp3) is 0.267. The summed E-state index contributed by atoms with van der Waals surface area (Å²) in [5.74, 6) is 2.85. The summed E-state index contributed by atoms with van der Waals surface area (Å²) in [7, 11) is 1.65. The van der Waals surface area contributed by atoms with Crippen molar-refractivity contribution >= 4 is 10.9 Å². The van der Waals surface area contributed by atoms with Crippen LogP contribution in [0, 0.1) is 0 Å². The van der Waals surface area contributed by atoms with E-state index in [0.717, 1.165) is 34.5 Å². The third-order valence-corrected chi connectivity index (χ3v) is 7.19. The number of aromatic amines is 1. The second-order valence-corrected chi connectivity index (χ2v) is 9.77. The lowest BCUT2D eigenvalue weighted by Crippen LogP contribution is -2.32.